The van der Waals surface area contributed by atoms with Gasteiger partial charge in [0.15, 0.2) is 11.6 Å². The van der Waals surface area contributed by atoms with Gasteiger partial charge in [0.2, 0.25) is 0 Å². The Labute approximate surface area is 156 Å². The number of benzene rings is 2. The van der Waals surface area contributed by atoms with Crippen molar-refractivity contribution in [1.29, 1.82) is 0 Å². The van der Waals surface area contributed by atoms with Gasteiger partial charge in [0.25, 0.3) is 0 Å². The molecule has 26 heavy (non-hydrogen) atoms. The molecule has 0 aliphatic carbocycles. The molecule has 0 spiro atoms. The number of methoxy groups -OCH3 is 1. The van der Waals surface area contributed by atoms with Crippen LogP contribution in [0.25, 0.3) is 0 Å². The van der Waals surface area contributed by atoms with Crippen molar-refractivity contribution < 1.29 is 28.1 Å². The minimum Gasteiger partial charge on any atom is -0.493 e. The van der Waals surface area contributed by atoms with Gasteiger partial charge in [-0.15, -0.1) is 0 Å². The van der Waals surface area contributed by atoms with Crippen molar-refractivity contribution in [1.82, 2.24) is 0 Å². The van der Waals surface area contributed by atoms with Crippen molar-refractivity contribution in [2.75, 3.05) is 13.7 Å². The summed E-state index contributed by atoms with van der Waals surface area (Å²) in [6, 6.07) is 7.72. The SMILES string of the molecule is CCOc1cccc(OC(=O)OC)c1COc1cc(Cl)c(CC)cc1F. The van der Waals surface area contributed by atoms with E-state index in [9.17, 15) is 9.18 Å². The second-order valence-corrected chi connectivity index (χ2v) is 5.65. The molecule has 7 heteroatoms. The van der Waals surface area contributed by atoms with Crippen LogP contribution in [-0.4, -0.2) is 19.9 Å². The van der Waals surface area contributed by atoms with E-state index in [2.05, 4.69) is 4.74 Å². The van der Waals surface area contributed by atoms with Crippen LogP contribution < -0.4 is 14.2 Å². The number of ether oxygens (including phenoxy) is 4. The molecule has 0 saturated carbocycles. The van der Waals surface area contributed by atoms with E-state index in [0.717, 1.165) is 0 Å². The first-order chi connectivity index (χ1) is 12.5. The monoisotopic (exact) mass is 382 g/mol. The molecule has 0 saturated heterocycles. The third kappa shape index (κ3) is 4.79. The molecule has 0 amide bonds. The third-order valence-electron chi connectivity index (χ3n) is 3.60. The summed E-state index contributed by atoms with van der Waals surface area (Å²) in [6.45, 7) is 4.03. The summed E-state index contributed by atoms with van der Waals surface area (Å²) < 4.78 is 35.0. The summed E-state index contributed by atoms with van der Waals surface area (Å²) in [4.78, 5) is 11.4. The van der Waals surface area contributed by atoms with Gasteiger partial charge in [-0.1, -0.05) is 24.6 Å². The number of rotatable bonds is 7. The third-order valence-corrected chi connectivity index (χ3v) is 3.96. The van der Waals surface area contributed by atoms with E-state index >= 15 is 0 Å². The van der Waals surface area contributed by atoms with Crippen molar-refractivity contribution >= 4 is 17.8 Å². The Kier molecular flexibility index (Phi) is 7.09. The first-order valence-electron chi connectivity index (χ1n) is 8.11. The summed E-state index contributed by atoms with van der Waals surface area (Å²) >= 11 is 6.13. The zero-order chi connectivity index (χ0) is 19.1. The number of carbonyl (C=O) groups excluding carboxylic acids is 1. The Bertz CT molecular complexity index is 779. The highest BCUT2D eigenvalue weighted by Gasteiger charge is 2.17. The van der Waals surface area contributed by atoms with Crippen molar-refractivity contribution in [2.24, 2.45) is 0 Å². The van der Waals surface area contributed by atoms with Crippen molar-refractivity contribution in [3.05, 3.63) is 52.3 Å². The molecule has 5 nitrogen and oxygen atoms in total. The average molecular weight is 383 g/mol. The standard InChI is InChI=1S/C19H20ClFO5/c1-4-12-9-15(21)18(10-14(12)20)25-11-13-16(24-5-2)7-6-8-17(13)26-19(22)23-3/h6-10H,4-5,11H2,1-3H3. The van der Waals surface area contributed by atoms with Crippen LogP contribution in [0.3, 0.4) is 0 Å². The maximum absolute atomic E-state index is 14.2. The molecule has 0 heterocycles. The van der Waals surface area contributed by atoms with Gasteiger partial charge in [-0.3, -0.25) is 0 Å². The van der Waals surface area contributed by atoms with Crippen LogP contribution in [0, 0.1) is 5.82 Å². The van der Waals surface area contributed by atoms with E-state index in [1.165, 1.54) is 19.2 Å². The summed E-state index contributed by atoms with van der Waals surface area (Å²) in [5, 5.41) is 0.424. The Balaban J connectivity index is 2.30. The lowest BCUT2D eigenvalue weighted by Crippen LogP contribution is -2.11. The van der Waals surface area contributed by atoms with E-state index in [1.54, 1.807) is 18.2 Å². The van der Waals surface area contributed by atoms with E-state index in [1.807, 2.05) is 13.8 Å². The maximum atomic E-state index is 14.2. The van der Waals surface area contributed by atoms with E-state index in [-0.39, 0.29) is 18.1 Å². The Hall–Kier alpha value is -2.47. The van der Waals surface area contributed by atoms with Crippen molar-refractivity contribution in [2.45, 2.75) is 26.9 Å². The zero-order valence-electron chi connectivity index (χ0n) is 14.8. The molecule has 0 aromatic heterocycles. The highest BCUT2D eigenvalue weighted by Crippen LogP contribution is 2.32. The molecule has 0 aliphatic rings. The highest BCUT2D eigenvalue weighted by molar-refractivity contribution is 6.31. The van der Waals surface area contributed by atoms with Gasteiger partial charge in [0.1, 0.15) is 18.1 Å². The number of halogens is 2. The van der Waals surface area contributed by atoms with Crippen LogP contribution in [0.5, 0.6) is 17.2 Å². The second-order valence-electron chi connectivity index (χ2n) is 5.24. The van der Waals surface area contributed by atoms with Gasteiger partial charge in [0, 0.05) is 11.1 Å². The van der Waals surface area contributed by atoms with Crippen LogP contribution in [0.1, 0.15) is 25.0 Å². The predicted molar refractivity (Wildman–Crippen MR) is 95.8 cm³/mol. The first-order valence-corrected chi connectivity index (χ1v) is 8.49. The van der Waals surface area contributed by atoms with Crippen molar-refractivity contribution in [3.63, 3.8) is 0 Å². The second kappa shape index (κ2) is 9.29. The van der Waals surface area contributed by atoms with Gasteiger partial charge in [0.05, 0.1) is 19.3 Å². The molecule has 2 aromatic rings. The zero-order valence-corrected chi connectivity index (χ0v) is 15.6. The summed E-state index contributed by atoms with van der Waals surface area (Å²) in [6.07, 6.45) is -0.262. The highest BCUT2D eigenvalue weighted by atomic mass is 35.5. The topological polar surface area (TPSA) is 54.0 Å². The molecule has 0 bridgehead atoms. The molecular formula is C19H20ClFO5. The summed E-state index contributed by atoms with van der Waals surface area (Å²) in [5.41, 5.74) is 1.15. The van der Waals surface area contributed by atoms with Gasteiger partial charge in [-0.25, -0.2) is 9.18 Å². The molecule has 0 fully saturated rings. The summed E-state index contributed by atoms with van der Waals surface area (Å²) in [7, 11) is 1.21. The average Bonchev–Trinajstić information content (AvgIpc) is 2.63. The molecule has 140 valence electrons. The lowest BCUT2D eigenvalue weighted by molar-refractivity contribution is 0.120. The molecule has 0 atom stereocenters. The number of hydrogen-bond donors (Lipinski definition) is 0. The van der Waals surface area contributed by atoms with Gasteiger partial charge < -0.3 is 18.9 Å². The van der Waals surface area contributed by atoms with Gasteiger partial charge >= 0.3 is 6.16 Å². The van der Waals surface area contributed by atoms with E-state index in [0.29, 0.717) is 34.9 Å². The van der Waals surface area contributed by atoms with Crippen LogP contribution in [-0.2, 0) is 17.8 Å². The predicted octanol–water partition coefficient (Wildman–Crippen LogP) is 5.16. The number of carbonyl (C=O) groups is 1. The lowest BCUT2D eigenvalue weighted by atomic mass is 10.1. The molecule has 0 N–H and O–H groups in total. The Morgan fingerprint density at radius 2 is 1.85 bits per heavy atom. The number of hydrogen-bond acceptors (Lipinski definition) is 5. The lowest BCUT2D eigenvalue weighted by Gasteiger charge is -2.16. The Morgan fingerprint density at radius 1 is 1.12 bits per heavy atom. The minimum atomic E-state index is -0.874. The van der Waals surface area contributed by atoms with E-state index in [4.69, 9.17) is 25.8 Å². The molecule has 0 aliphatic heterocycles. The van der Waals surface area contributed by atoms with Crippen LogP contribution in [0.2, 0.25) is 5.02 Å². The smallest absolute Gasteiger partial charge is 0.493 e. The minimum absolute atomic E-state index is 0.00233. The fourth-order valence-corrected chi connectivity index (χ4v) is 2.59. The molecule has 0 unspecified atom stereocenters. The molecule has 0 radical (unpaired) electrons. The number of aryl methyl sites for hydroxylation is 1. The molecule has 2 aromatic carbocycles. The largest absolute Gasteiger partial charge is 0.513 e. The van der Waals surface area contributed by atoms with Crippen LogP contribution >= 0.6 is 11.6 Å². The molecular weight excluding hydrogens is 363 g/mol. The van der Waals surface area contributed by atoms with Crippen molar-refractivity contribution in [3.8, 4) is 17.2 Å². The maximum Gasteiger partial charge on any atom is 0.513 e. The van der Waals surface area contributed by atoms with E-state index < -0.39 is 12.0 Å². The summed E-state index contributed by atoms with van der Waals surface area (Å²) in [5.74, 6) is 0.156. The first kappa shape index (κ1) is 19.8. The van der Waals surface area contributed by atoms with Gasteiger partial charge in [-0.05, 0) is 37.1 Å². The van der Waals surface area contributed by atoms with Gasteiger partial charge in [-0.2, -0.15) is 0 Å². The normalized spacial score (nSPS) is 10.3. The van der Waals surface area contributed by atoms with Crippen LogP contribution in [0.15, 0.2) is 30.3 Å². The molecule has 2 rings (SSSR count). The Morgan fingerprint density at radius 3 is 2.50 bits per heavy atom. The fraction of sp³-hybridized carbons (Fsp3) is 0.316. The van der Waals surface area contributed by atoms with Crippen LogP contribution in [0.4, 0.5) is 9.18 Å². The fourth-order valence-electron chi connectivity index (χ4n) is 2.31. The quantitative estimate of drug-likeness (QED) is 0.488.